The molecule has 0 spiro atoms. The Morgan fingerprint density at radius 2 is 1.85 bits per heavy atom. The van der Waals surface area contributed by atoms with E-state index in [9.17, 15) is 8.42 Å². The van der Waals surface area contributed by atoms with Crippen molar-refractivity contribution in [2.45, 2.75) is 44.0 Å². The molecule has 1 rings (SSSR count). The molecule has 1 aromatic rings. The molecule has 0 amide bonds. The predicted molar refractivity (Wildman–Crippen MR) is 86.1 cm³/mol. The van der Waals surface area contributed by atoms with Crippen LogP contribution in [0, 0.1) is 6.92 Å². The molecule has 0 radical (unpaired) electrons. The summed E-state index contributed by atoms with van der Waals surface area (Å²) in [5.74, 6) is 0. The minimum Gasteiger partial charge on any atom is -0.324 e. The fraction of sp³-hybridized carbons (Fsp3) is 0.538. The van der Waals surface area contributed by atoms with Crippen LogP contribution in [0.4, 0.5) is 0 Å². The molecule has 0 aliphatic carbocycles. The summed E-state index contributed by atoms with van der Waals surface area (Å²) in [6, 6.07) is 4.86. The fourth-order valence-corrected chi connectivity index (χ4v) is 3.38. The second kappa shape index (κ2) is 7.61. The van der Waals surface area contributed by atoms with Gasteiger partial charge in [-0.3, -0.25) is 0 Å². The normalized spacial score (nSPS) is 12.1. The topological polar surface area (TPSA) is 72.2 Å². The first-order chi connectivity index (χ1) is 8.74. The highest BCUT2D eigenvalue weighted by molar-refractivity contribution is 7.89. The lowest BCUT2D eigenvalue weighted by atomic mass is 9.95. The molecule has 0 saturated heterocycles. The van der Waals surface area contributed by atoms with Crippen LogP contribution in [0.2, 0.25) is 5.02 Å². The van der Waals surface area contributed by atoms with Crippen molar-refractivity contribution in [3.63, 3.8) is 0 Å². The number of nitrogens with one attached hydrogen (secondary N) is 1. The minimum atomic E-state index is -3.62. The first-order valence-corrected chi connectivity index (χ1v) is 8.15. The summed E-state index contributed by atoms with van der Waals surface area (Å²) in [4.78, 5) is 0.0920. The van der Waals surface area contributed by atoms with Crippen LogP contribution in [0.1, 0.15) is 32.3 Å². The maximum atomic E-state index is 12.2. The Morgan fingerprint density at radius 3 is 2.30 bits per heavy atom. The van der Waals surface area contributed by atoms with E-state index < -0.39 is 15.6 Å². The maximum Gasteiger partial charge on any atom is 0.242 e. The molecule has 0 heterocycles. The predicted octanol–water partition coefficient (Wildman–Crippen LogP) is 2.87. The third kappa shape index (κ3) is 4.90. The first kappa shape index (κ1) is 19.7. The van der Waals surface area contributed by atoms with Crippen LogP contribution in [-0.2, 0) is 10.0 Å². The molecule has 0 aliphatic rings. The maximum absolute atomic E-state index is 12.2. The Bertz CT molecular complexity index is 543. The van der Waals surface area contributed by atoms with E-state index in [0.29, 0.717) is 12.8 Å². The van der Waals surface area contributed by atoms with Crippen molar-refractivity contribution in [1.82, 2.24) is 4.72 Å². The molecule has 1 aromatic carbocycles. The monoisotopic (exact) mass is 340 g/mol. The molecule has 3 N–H and O–H groups in total. The van der Waals surface area contributed by atoms with Crippen molar-refractivity contribution < 1.29 is 8.42 Å². The molecule has 0 unspecified atom stereocenters. The van der Waals surface area contributed by atoms with Gasteiger partial charge in [0.1, 0.15) is 4.90 Å². The van der Waals surface area contributed by atoms with Gasteiger partial charge in [-0.05, 0) is 37.5 Å². The van der Waals surface area contributed by atoms with E-state index in [1.807, 2.05) is 20.8 Å². The van der Waals surface area contributed by atoms with Gasteiger partial charge < -0.3 is 5.73 Å². The van der Waals surface area contributed by atoms with Gasteiger partial charge in [0.2, 0.25) is 10.0 Å². The van der Waals surface area contributed by atoms with E-state index in [2.05, 4.69) is 4.72 Å². The Kier molecular flexibility index (Phi) is 7.49. The average molecular weight is 341 g/mol. The summed E-state index contributed by atoms with van der Waals surface area (Å²) in [6.07, 6.45) is 1.40. The largest absolute Gasteiger partial charge is 0.324 e. The lowest BCUT2D eigenvalue weighted by molar-refractivity contribution is 0.392. The zero-order chi connectivity index (χ0) is 14.7. The van der Waals surface area contributed by atoms with Crippen molar-refractivity contribution >= 4 is 34.0 Å². The molecule has 0 atom stereocenters. The summed E-state index contributed by atoms with van der Waals surface area (Å²) in [5.41, 5.74) is 6.48. The van der Waals surface area contributed by atoms with Crippen molar-refractivity contribution in [1.29, 1.82) is 0 Å². The van der Waals surface area contributed by atoms with E-state index >= 15 is 0 Å². The zero-order valence-electron chi connectivity index (χ0n) is 11.9. The van der Waals surface area contributed by atoms with Gasteiger partial charge in [-0.25, -0.2) is 13.1 Å². The molecule has 116 valence electrons. The number of aryl methyl sites for hydroxylation is 1. The number of hydrogen-bond acceptors (Lipinski definition) is 3. The summed E-state index contributed by atoms with van der Waals surface area (Å²) < 4.78 is 26.9. The molecular formula is C13H22Cl2N2O2S. The molecule has 20 heavy (non-hydrogen) atoms. The smallest absolute Gasteiger partial charge is 0.242 e. The molecule has 4 nitrogen and oxygen atoms in total. The summed E-state index contributed by atoms with van der Waals surface area (Å²) in [7, 11) is -3.62. The molecule has 0 aromatic heterocycles. The molecule has 0 fully saturated rings. The summed E-state index contributed by atoms with van der Waals surface area (Å²) in [5, 5.41) is 0.225. The Hall–Kier alpha value is -0.330. The Balaban J connectivity index is 0.00000361. The molecule has 0 bridgehead atoms. The van der Waals surface area contributed by atoms with Crippen molar-refractivity contribution in [3.05, 3.63) is 28.8 Å². The van der Waals surface area contributed by atoms with E-state index in [1.165, 1.54) is 6.07 Å². The number of rotatable bonds is 6. The number of nitrogens with two attached hydrogens (primary N) is 1. The first-order valence-electron chi connectivity index (χ1n) is 6.29. The van der Waals surface area contributed by atoms with Crippen LogP contribution < -0.4 is 10.5 Å². The van der Waals surface area contributed by atoms with Crippen LogP contribution >= 0.6 is 24.0 Å². The van der Waals surface area contributed by atoms with Gasteiger partial charge in [0, 0.05) is 12.1 Å². The minimum absolute atomic E-state index is 0. The van der Waals surface area contributed by atoms with Crippen LogP contribution in [0.25, 0.3) is 0 Å². The second-order valence-corrected chi connectivity index (χ2v) is 6.97. The van der Waals surface area contributed by atoms with Crippen molar-refractivity contribution in [3.8, 4) is 0 Å². The van der Waals surface area contributed by atoms with E-state index in [-0.39, 0.29) is 28.9 Å². The number of sulfonamides is 1. The quantitative estimate of drug-likeness (QED) is 0.836. The number of halogens is 2. The fourth-order valence-electron chi connectivity index (χ4n) is 1.64. The SMILES string of the molecule is CCC(N)(CC)CNS(=O)(=O)c1ccc(C)cc1Cl.Cl. The van der Waals surface area contributed by atoms with Crippen molar-refractivity contribution in [2.24, 2.45) is 5.73 Å². The summed E-state index contributed by atoms with van der Waals surface area (Å²) >= 11 is 5.98. The van der Waals surface area contributed by atoms with Gasteiger partial charge in [-0.1, -0.05) is 31.5 Å². The van der Waals surface area contributed by atoms with Gasteiger partial charge in [-0.2, -0.15) is 0 Å². The lowest BCUT2D eigenvalue weighted by Crippen LogP contribution is -2.49. The third-order valence-corrected chi connectivity index (χ3v) is 5.28. The van der Waals surface area contributed by atoms with Gasteiger partial charge >= 0.3 is 0 Å². The van der Waals surface area contributed by atoms with Crippen LogP contribution in [0.3, 0.4) is 0 Å². The van der Waals surface area contributed by atoms with Gasteiger partial charge in [-0.15, -0.1) is 12.4 Å². The molecule has 0 saturated carbocycles. The zero-order valence-corrected chi connectivity index (χ0v) is 14.3. The number of hydrogen-bond donors (Lipinski definition) is 2. The van der Waals surface area contributed by atoms with Gasteiger partial charge in [0.25, 0.3) is 0 Å². The highest BCUT2D eigenvalue weighted by Crippen LogP contribution is 2.22. The lowest BCUT2D eigenvalue weighted by Gasteiger charge is -2.26. The molecule has 7 heteroatoms. The van der Waals surface area contributed by atoms with Gasteiger partial charge in [0.15, 0.2) is 0 Å². The Labute approximate surface area is 132 Å². The standard InChI is InChI=1S/C13H21ClN2O2S.ClH/c1-4-13(15,5-2)9-16-19(17,18)12-7-6-10(3)8-11(12)14;/h6-8,16H,4-5,9,15H2,1-3H3;1H. The van der Waals surface area contributed by atoms with Crippen molar-refractivity contribution in [2.75, 3.05) is 6.54 Å². The van der Waals surface area contributed by atoms with E-state index in [1.54, 1.807) is 12.1 Å². The number of benzene rings is 1. The second-order valence-electron chi connectivity index (χ2n) is 4.83. The van der Waals surface area contributed by atoms with Gasteiger partial charge in [0.05, 0.1) is 5.02 Å². The molecule has 0 aliphatic heterocycles. The van der Waals surface area contributed by atoms with Crippen LogP contribution in [0.15, 0.2) is 23.1 Å². The van der Waals surface area contributed by atoms with E-state index in [0.717, 1.165) is 5.56 Å². The van der Waals surface area contributed by atoms with Crippen LogP contribution in [0.5, 0.6) is 0 Å². The third-order valence-electron chi connectivity index (χ3n) is 3.40. The highest BCUT2D eigenvalue weighted by atomic mass is 35.5. The average Bonchev–Trinajstić information content (AvgIpc) is 2.35. The molecular weight excluding hydrogens is 319 g/mol. The Morgan fingerprint density at radius 1 is 1.30 bits per heavy atom. The van der Waals surface area contributed by atoms with E-state index in [4.69, 9.17) is 17.3 Å². The highest BCUT2D eigenvalue weighted by Gasteiger charge is 2.25. The summed E-state index contributed by atoms with van der Waals surface area (Å²) in [6.45, 7) is 5.94. The van der Waals surface area contributed by atoms with Crippen LogP contribution in [-0.4, -0.2) is 20.5 Å².